The summed E-state index contributed by atoms with van der Waals surface area (Å²) in [6.45, 7) is 1.73. The molecule has 1 aromatic carbocycles. The minimum atomic E-state index is -0.701. The standard InChI is InChI=1S/C10H12N2O/c1-7(12)10(13)9-4-2-3-8(5-9)6-11/h2-5,7,10,13H,12H2,1H3. The second kappa shape index (κ2) is 4.04. The molecular formula is C10H12N2O. The van der Waals surface area contributed by atoms with Crippen LogP contribution < -0.4 is 5.73 Å². The summed E-state index contributed by atoms with van der Waals surface area (Å²) >= 11 is 0. The topological polar surface area (TPSA) is 70.0 Å². The van der Waals surface area contributed by atoms with Gasteiger partial charge in [0.1, 0.15) is 0 Å². The third-order valence-corrected chi connectivity index (χ3v) is 1.86. The number of hydrogen-bond donors (Lipinski definition) is 2. The van der Waals surface area contributed by atoms with Crippen molar-refractivity contribution in [2.45, 2.75) is 19.1 Å². The highest BCUT2D eigenvalue weighted by molar-refractivity contribution is 5.34. The number of aliphatic hydroxyl groups is 1. The summed E-state index contributed by atoms with van der Waals surface area (Å²) in [5, 5.41) is 18.2. The van der Waals surface area contributed by atoms with Crippen molar-refractivity contribution in [1.29, 1.82) is 5.26 Å². The molecule has 0 aliphatic rings. The van der Waals surface area contributed by atoms with Crippen molar-refractivity contribution >= 4 is 0 Å². The van der Waals surface area contributed by atoms with Gasteiger partial charge in [-0.15, -0.1) is 0 Å². The minimum Gasteiger partial charge on any atom is -0.387 e. The third kappa shape index (κ3) is 2.28. The van der Waals surface area contributed by atoms with Gasteiger partial charge in [0.2, 0.25) is 0 Å². The maximum Gasteiger partial charge on any atom is 0.0991 e. The van der Waals surface area contributed by atoms with Gasteiger partial charge in [-0.3, -0.25) is 0 Å². The predicted molar refractivity (Wildman–Crippen MR) is 49.8 cm³/mol. The molecule has 0 spiro atoms. The molecule has 0 aliphatic carbocycles. The molecule has 0 radical (unpaired) electrons. The van der Waals surface area contributed by atoms with Crippen molar-refractivity contribution in [2.24, 2.45) is 5.73 Å². The number of benzene rings is 1. The summed E-state index contributed by atoms with van der Waals surface area (Å²) < 4.78 is 0. The summed E-state index contributed by atoms with van der Waals surface area (Å²) in [6.07, 6.45) is -0.701. The summed E-state index contributed by atoms with van der Waals surface area (Å²) in [6, 6.07) is 8.52. The molecule has 0 aliphatic heterocycles. The van der Waals surface area contributed by atoms with Crippen molar-refractivity contribution in [3.63, 3.8) is 0 Å². The zero-order valence-corrected chi connectivity index (χ0v) is 7.44. The molecule has 13 heavy (non-hydrogen) atoms. The Labute approximate surface area is 77.4 Å². The molecule has 0 heterocycles. The highest BCUT2D eigenvalue weighted by atomic mass is 16.3. The van der Waals surface area contributed by atoms with Crippen LogP contribution in [-0.2, 0) is 0 Å². The molecule has 2 atom stereocenters. The summed E-state index contributed by atoms with van der Waals surface area (Å²) in [5.74, 6) is 0. The molecule has 0 saturated carbocycles. The Morgan fingerprint density at radius 3 is 2.77 bits per heavy atom. The Kier molecular flexibility index (Phi) is 3.02. The molecule has 2 unspecified atom stereocenters. The van der Waals surface area contributed by atoms with E-state index in [0.717, 1.165) is 0 Å². The van der Waals surface area contributed by atoms with Crippen LogP contribution in [0.1, 0.15) is 24.2 Å². The van der Waals surface area contributed by atoms with Crippen LogP contribution in [0, 0.1) is 11.3 Å². The van der Waals surface area contributed by atoms with Gasteiger partial charge in [-0.1, -0.05) is 12.1 Å². The SMILES string of the molecule is CC(N)C(O)c1cccc(C#N)c1. The molecular weight excluding hydrogens is 164 g/mol. The minimum absolute atomic E-state index is 0.325. The number of nitrogens with two attached hydrogens (primary N) is 1. The Morgan fingerprint density at radius 2 is 2.23 bits per heavy atom. The monoisotopic (exact) mass is 176 g/mol. The third-order valence-electron chi connectivity index (χ3n) is 1.86. The fraction of sp³-hybridized carbons (Fsp3) is 0.300. The van der Waals surface area contributed by atoms with Gasteiger partial charge in [-0.25, -0.2) is 0 Å². The van der Waals surface area contributed by atoms with E-state index in [4.69, 9.17) is 11.0 Å². The van der Waals surface area contributed by atoms with Gasteiger partial charge in [-0.2, -0.15) is 5.26 Å². The van der Waals surface area contributed by atoms with E-state index in [2.05, 4.69) is 0 Å². The van der Waals surface area contributed by atoms with E-state index >= 15 is 0 Å². The van der Waals surface area contributed by atoms with Gasteiger partial charge >= 0.3 is 0 Å². The Morgan fingerprint density at radius 1 is 1.54 bits per heavy atom. The smallest absolute Gasteiger partial charge is 0.0991 e. The van der Waals surface area contributed by atoms with Gasteiger partial charge in [-0.05, 0) is 24.6 Å². The van der Waals surface area contributed by atoms with Gasteiger partial charge in [0.05, 0.1) is 17.7 Å². The molecule has 68 valence electrons. The van der Waals surface area contributed by atoms with Gasteiger partial charge in [0.15, 0.2) is 0 Å². The highest BCUT2D eigenvalue weighted by Gasteiger charge is 2.11. The average Bonchev–Trinajstić information content (AvgIpc) is 2.16. The average molecular weight is 176 g/mol. The van der Waals surface area contributed by atoms with E-state index in [-0.39, 0.29) is 6.04 Å². The van der Waals surface area contributed by atoms with Gasteiger partial charge < -0.3 is 10.8 Å². The van der Waals surface area contributed by atoms with Crippen LogP contribution in [0.3, 0.4) is 0 Å². The Hall–Kier alpha value is -1.37. The lowest BCUT2D eigenvalue weighted by Crippen LogP contribution is -2.24. The molecule has 3 nitrogen and oxygen atoms in total. The van der Waals surface area contributed by atoms with Crippen LogP contribution in [0.2, 0.25) is 0 Å². The highest BCUT2D eigenvalue weighted by Crippen LogP contribution is 2.16. The van der Waals surface area contributed by atoms with E-state index < -0.39 is 6.10 Å². The number of hydrogen-bond acceptors (Lipinski definition) is 3. The van der Waals surface area contributed by atoms with E-state index in [9.17, 15) is 5.11 Å². The summed E-state index contributed by atoms with van der Waals surface area (Å²) in [7, 11) is 0. The summed E-state index contributed by atoms with van der Waals surface area (Å²) in [5.41, 5.74) is 6.75. The van der Waals surface area contributed by atoms with Gasteiger partial charge in [0, 0.05) is 6.04 Å². The predicted octanol–water partition coefficient (Wildman–Crippen LogP) is 0.939. The van der Waals surface area contributed by atoms with Crippen molar-refractivity contribution in [1.82, 2.24) is 0 Å². The zero-order valence-electron chi connectivity index (χ0n) is 7.44. The van der Waals surface area contributed by atoms with E-state index in [1.54, 1.807) is 31.2 Å². The number of aliphatic hydroxyl groups excluding tert-OH is 1. The molecule has 3 N–H and O–H groups in total. The fourth-order valence-electron chi connectivity index (χ4n) is 1.10. The normalized spacial score (nSPS) is 14.6. The quantitative estimate of drug-likeness (QED) is 0.704. The van der Waals surface area contributed by atoms with E-state index in [1.165, 1.54) is 0 Å². The van der Waals surface area contributed by atoms with Crippen LogP contribution in [0.25, 0.3) is 0 Å². The maximum absolute atomic E-state index is 9.58. The summed E-state index contributed by atoms with van der Waals surface area (Å²) in [4.78, 5) is 0. The second-order valence-corrected chi connectivity index (χ2v) is 3.04. The Bertz CT molecular complexity index is 328. The second-order valence-electron chi connectivity index (χ2n) is 3.04. The Balaban J connectivity index is 2.96. The lowest BCUT2D eigenvalue weighted by atomic mass is 10.0. The van der Waals surface area contributed by atoms with Crippen LogP contribution in [0.15, 0.2) is 24.3 Å². The van der Waals surface area contributed by atoms with Crippen molar-refractivity contribution in [3.05, 3.63) is 35.4 Å². The fourth-order valence-corrected chi connectivity index (χ4v) is 1.10. The van der Waals surface area contributed by atoms with Crippen LogP contribution in [0.4, 0.5) is 0 Å². The first-order valence-corrected chi connectivity index (χ1v) is 4.09. The first-order chi connectivity index (χ1) is 6.15. The van der Waals surface area contributed by atoms with Gasteiger partial charge in [0.25, 0.3) is 0 Å². The lowest BCUT2D eigenvalue weighted by molar-refractivity contribution is 0.153. The lowest BCUT2D eigenvalue weighted by Gasteiger charge is -2.14. The molecule has 0 fully saturated rings. The largest absolute Gasteiger partial charge is 0.387 e. The molecule has 3 heteroatoms. The molecule has 0 aromatic heterocycles. The molecule has 1 aromatic rings. The van der Waals surface area contributed by atoms with Crippen molar-refractivity contribution < 1.29 is 5.11 Å². The number of nitrogens with zero attached hydrogens (tertiary/aromatic N) is 1. The number of rotatable bonds is 2. The molecule has 0 amide bonds. The van der Waals surface area contributed by atoms with Crippen LogP contribution in [-0.4, -0.2) is 11.1 Å². The first-order valence-electron chi connectivity index (χ1n) is 4.09. The van der Waals surface area contributed by atoms with Crippen LogP contribution in [0.5, 0.6) is 0 Å². The van der Waals surface area contributed by atoms with Crippen molar-refractivity contribution in [2.75, 3.05) is 0 Å². The van der Waals surface area contributed by atoms with E-state index in [1.807, 2.05) is 6.07 Å². The zero-order chi connectivity index (χ0) is 9.84. The number of nitriles is 1. The van der Waals surface area contributed by atoms with Crippen molar-refractivity contribution in [3.8, 4) is 6.07 Å². The van der Waals surface area contributed by atoms with Crippen LogP contribution >= 0.6 is 0 Å². The molecule has 0 bridgehead atoms. The van der Waals surface area contributed by atoms with E-state index in [0.29, 0.717) is 11.1 Å². The molecule has 0 saturated heterocycles. The maximum atomic E-state index is 9.58. The first kappa shape index (κ1) is 9.72. The molecule has 1 rings (SSSR count).